The summed E-state index contributed by atoms with van der Waals surface area (Å²) in [6.45, 7) is 3.37. The predicted molar refractivity (Wildman–Crippen MR) is 67.6 cm³/mol. The van der Waals surface area contributed by atoms with Crippen LogP contribution in [0.4, 0.5) is 0 Å². The van der Waals surface area contributed by atoms with E-state index in [9.17, 15) is 15.0 Å². The van der Waals surface area contributed by atoms with Crippen molar-refractivity contribution in [1.82, 2.24) is 4.90 Å². The lowest BCUT2D eigenvalue weighted by atomic mass is 10.1. The monoisotopic (exact) mass is 253 g/mol. The molecule has 4 nitrogen and oxygen atoms in total. The standard InChI is InChI=1S/C12H15NO3S/c1-8-7-13(5-6-17-8)12(16)11-9(14)3-2-4-10(11)15/h2-4,8,14-15H,5-7H2,1H3. The zero-order chi connectivity index (χ0) is 12.4. The molecule has 1 aromatic carbocycles. The van der Waals surface area contributed by atoms with Crippen molar-refractivity contribution in [2.75, 3.05) is 18.8 Å². The first-order chi connectivity index (χ1) is 8.09. The van der Waals surface area contributed by atoms with Gasteiger partial charge in [-0.3, -0.25) is 4.79 Å². The first kappa shape index (κ1) is 12.1. The molecule has 17 heavy (non-hydrogen) atoms. The van der Waals surface area contributed by atoms with Crippen LogP contribution in [-0.4, -0.2) is 45.1 Å². The Balaban J connectivity index is 2.24. The van der Waals surface area contributed by atoms with E-state index in [-0.39, 0.29) is 23.0 Å². The lowest BCUT2D eigenvalue weighted by Gasteiger charge is -2.30. The van der Waals surface area contributed by atoms with Gasteiger partial charge < -0.3 is 15.1 Å². The van der Waals surface area contributed by atoms with Crippen LogP contribution in [0.15, 0.2) is 18.2 Å². The van der Waals surface area contributed by atoms with Crippen molar-refractivity contribution in [3.05, 3.63) is 23.8 Å². The fraction of sp³-hybridized carbons (Fsp3) is 0.417. The van der Waals surface area contributed by atoms with Gasteiger partial charge in [0.05, 0.1) is 0 Å². The van der Waals surface area contributed by atoms with Crippen LogP contribution in [-0.2, 0) is 0 Å². The molecule has 0 aromatic heterocycles. The Kier molecular flexibility index (Phi) is 3.47. The molecule has 0 aliphatic carbocycles. The summed E-state index contributed by atoms with van der Waals surface area (Å²) in [5.41, 5.74) is 0.00611. The van der Waals surface area contributed by atoms with Crippen LogP contribution in [0.25, 0.3) is 0 Å². The summed E-state index contributed by atoms with van der Waals surface area (Å²) >= 11 is 1.82. The maximum absolute atomic E-state index is 12.2. The molecule has 1 aliphatic rings. The van der Waals surface area contributed by atoms with Gasteiger partial charge in [0.15, 0.2) is 0 Å². The van der Waals surface area contributed by atoms with Gasteiger partial charge in [0.2, 0.25) is 0 Å². The number of hydrogen-bond acceptors (Lipinski definition) is 4. The van der Waals surface area contributed by atoms with Crippen LogP contribution in [0, 0.1) is 0 Å². The topological polar surface area (TPSA) is 60.8 Å². The number of carbonyl (C=O) groups is 1. The predicted octanol–water partition coefficient (Wildman–Crippen LogP) is 1.68. The molecule has 1 aromatic rings. The highest BCUT2D eigenvalue weighted by molar-refractivity contribution is 7.99. The number of benzene rings is 1. The Labute approximate surface area is 104 Å². The van der Waals surface area contributed by atoms with Crippen molar-refractivity contribution in [2.24, 2.45) is 0 Å². The Bertz CT molecular complexity index is 416. The third kappa shape index (κ3) is 2.49. The minimum absolute atomic E-state index is 0.00611. The molecule has 1 fully saturated rings. The van der Waals surface area contributed by atoms with Gasteiger partial charge >= 0.3 is 0 Å². The van der Waals surface area contributed by atoms with Crippen LogP contribution >= 0.6 is 11.8 Å². The molecule has 0 saturated carbocycles. The van der Waals surface area contributed by atoms with E-state index in [4.69, 9.17) is 0 Å². The van der Waals surface area contributed by atoms with E-state index >= 15 is 0 Å². The van der Waals surface area contributed by atoms with Crippen LogP contribution in [0.3, 0.4) is 0 Å². The van der Waals surface area contributed by atoms with Crippen molar-refractivity contribution in [1.29, 1.82) is 0 Å². The largest absolute Gasteiger partial charge is 0.507 e. The number of amides is 1. The molecule has 0 bridgehead atoms. The maximum Gasteiger partial charge on any atom is 0.261 e. The van der Waals surface area contributed by atoms with E-state index < -0.39 is 0 Å². The Morgan fingerprint density at radius 1 is 1.41 bits per heavy atom. The van der Waals surface area contributed by atoms with Gasteiger partial charge in [-0.05, 0) is 12.1 Å². The molecule has 2 N–H and O–H groups in total. The first-order valence-corrected chi connectivity index (χ1v) is 6.56. The summed E-state index contributed by atoms with van der Waals surface area (Å²) in [7, 11) is 0. The molecule has 0 radical (unpaired) electrons. The SMILES string of the molecule is CC1CN(C(=O)c2c(O)cccc2O)CCS1. The number of thioether (sulfide) groups is 1. The zero-order valence-corrected chi connectivity index (χ0v) is 10.4. The van der Waals surface area contributed by atoms with Crippen molar-refractivity contribution < 1.29 is 15.0 Å². The highest BCUT2D eigenvalue weighted by atomic mass is 32.2. The van der Waals surface area contributed by atoms with Gasteiger partial charge in [0.25, 0.3) is 5.91 Å². The Morgan fingerprint density at radius 2 is 2.06 bits per heavy atom. The summed E-state index contributed by atoms with van der Waals surface area (Å²) in [5.74, 6) is 0.260. The average molecular weight is 253 g/mol. The molecule has 1 aliphatic heterocycles. The van der Waals surface area contributed by atoms with E-state index in [1.54, 1.807) is 4.90 Å². The van der Waals surface area contributed by atoms with Gasteiger partial charge in [-0.1, -0.05) is 13.0 Å². The van der Waals surface area contributed by atoms with Crippen molar-refractivity contribution in [3.63, 3.8) is 0 Å². The van der Waals surface area contributed by atoms with E-state index in [0.29, 0.717) is 18.3 Å². The van der Waals surface area contributed by atoms with Crippen LogP contribution in [0.5, 0.6) is 11.5 Å². The van der Waals surface area contributed by atoms with E-state index in [1.165, 1.54) is 18.2 Å². The lowest BCUT2D eigenvalue weighted by molar-refractivity contribution is 0.0757. The first-order valence-electron chi connectivity index (χ1n) is 5.51. The minimum atomic E-state index is -0.298. The number of nitrogens with zero attached hydrogens (tertiary/aromatic N) is 1. The average Bonchev–Trinajstić information content (AvgIpc) is 2.28. The van der Waals surface area contributed by atoms with E-state index in [1.807, 2.05) is 11.8 Å². The van der Waals surface area contributed by atoms with Gasteiger partial charge in [0, 0.05) is 24.1 Å². The molecular weight excluding hydrogens is 238 g/mol. The highest BCUT2D eigenvalue weighted by Gasteiger charge is 2.26. The zero-order valence-electron chi connectivity index (χ0n) is 9.59. The van der Waals surface area contributed by atoms with Crippen LogP contribution < -0.4 is 0 Å². The number of phenolic OH excluding ortho intramolecular Hbond substituents is 2. The maximum atomic E-state index is 12.2. The number of phenols is 2. The van der Waals surface area contributed by atoms with Crippen molar-refractivity contribution >= 4 is 17.7 Å². The molecule has 0 spiro atoms. The van der Waals surface area contributed by atoms with Crippen molar-refractivity contribution in [3.8, 4) is 11.5 Å². The smallest absolute Gasteiger partial charge is 0.261 e. The van der Waals surface area contributed by atoms with E-state index in [0.717, 1.165) is 5.75 Å². The third-order valence-electron chi connectivity index (χ3n) is 2.76. The summed E-state index contributed by atoms with van der Waals surface area (Å²) in [4.78, 5) is 13.9. The van der Waals surface area contributed by atoms with Gasteiger partial charge in [-0.25, -0.2) is 0 Å². The molecule has 2 rings (SSSR count). The molecule has 1 unspecified atom stereocenters. The number of carbonyl (C=O) groups excluding carboxylic acids is 1. The summed E-state index contributed by atoms with van der Waals surface area (Å²) < 4.78 is 0. The summed E-state index contributed by atoms with van der Waals surface area (Å²) in [6, 6.07) is 4.33. The minimum Gasteiger partial charge on any atom is -0.507 e. The van der Waals surface area contributed by atoms with Crippen molar-refractivity contribution in [2.45, 2.75) is 12.2 Å². The molecule has 1 heterocycles. The molecular formula is C12H15NO3S. The second-order valence-electron chi connectivity index (χ2n) is 4.10. The molecule has 1 saturated heterocycles. The molecule has 1 atom stereocenters. The van der Waals surface area contributed by atoms with Gasteiger partial charge in [-0.2, -0.15) is 11.8 Å². The van der Waals surface area contributed by atoms with Gasteiger partial charge in [0.1, 0.15) is 17.1 Å². The molecule has 5 heteroatoms. The molecule has 1 amide bonds. The second-order valence-corrected chi connectivity index (χ2v) is 5.65. The number of hydrogen-bond donors (Lipinski definition) is 2. The Morgan fingerprint density at radius 3 is 2.65 bits per heavy atom. The van der Waals surface area contributed by atoms with Gasteiger partial charge in [-0.15, -0.1) is 0 Å². The normalized spacial score (nSPS) is 20.3. The highest BCUT2D eigenvalue weighted by Crippen LogP contribution is 2.29. The van der Waals surface area contributed by atoms with Crippen LogP contribution in [0.2, 0.25) is 0 Å². The van der Waals surface area contributed by atoms with E-state index in [2.05, 4.69) is 6.92 Å². The quantitative estimate of drug-likeness (QED) is 0.799. The van der Waals surface area contributed by atoms with Crippen LogP contribution in [0.1, 0.15) is 17.3 Å². The number of rotatable bonds is 1. The molecule has 92 valence electrons. The third-order valence-corrected chi connectivity index (χ3v) is 3.90. The summed E-state index contributed by atoms with van der Waals surface area (Å²) in [5, 5.41) is 19.7. The fourth-order valence-electron chi connectivity index (χ4n) is 1.91. The summed E-state index contributed by atoms with van der Waals surface area (Å²) in [6.07, 6.45) is 0. The number of aromatic hydroxyl groups is 2. The Hall–Kier alpha value is -1.36. The lowest BCUT2D eigenvalue weighted by Crippen LogP contribution is -2.41. The second kappa shape index (κ2) is 4.87. The fourth-order valence-corrected chi connectivity index (χ4v) is 2.92.